The zero-order chi connectivity index (χ0) is 19.8. The fraction of sp³-hybridized carbons (Fsp3) is 0.263. The van der Waals surface area contributed by atoms with E-state index in [1.165, 1.54) is 45.6 Å². The van der Waals surface area contributed by atoms with E-state index in [1.807, 2.05) is 0 Å². The van der Waals surface area contributed by atoms with E-state index >= 15 is 0 Å². The Bertz CT molecular complexity index is 800. The van der Waals surface area contributed by atoms with Crippen molar-refractivity contribution in [3.63, 3.8) is 0 Å². The van der Waals surface area contributed by atoms with Gasteiger partial charge in [0.1, 0.15) is 5.82 Å². The number of hydrazine groups is 1. The molecule has 144 valence electrons. The van der Waals surface area contributed by atoms with Gasteiger partial charge in [-0.2, -0.15) is 0 Å². The standard InChI is InChI=1S/C19H21FN2O5/c1-25-15-10-12(11-16(26-2)18(15)27-3)8-9-17(23)21-22-19(24)13-6-4-5-7-14(13)20/h4-7,10-11H,8-9H2,1-3H3,(H,21,23)(H,22,24). The maximum absolute atomic E-state index is 13.5. The van der Waals surface area contributed by atoms with Crippen molar-refractivity contribution in [1.82, 2.24) is 10.9 Å². The number of carbonyl (C=O) groups excluding carboxylic acids is 2. The van der Waals surface area contributed by atoms with Gasteiger partial charge in [-0.25, -0.2) is 4.39 Å². The summed E-state index contributed by atoms with van der Waals surface area (Å²) in [7, 11) is 4.52. The molecule has 27 heavy (non-hydrogen) atoms. The molecule has 0 spiro atoms. The predicted molar refractivity (Wildman–Crippen MR) is 96.4 cm³/mol. The van der Waals surface area contributed by atoms with Gasteiger partial charge in [0.15, 0.2) is 11.5 Å². The number of halogens is 1. The fourth-order valence-corrected chi connectivity index (χ4v) is 2.44. The highest BCUT2D eigenvalue weighted by Crippen LogP contribution is 2.38. The van der Waals surface area contributed by atoms with Gasteiger partial charge < -0.3 is 14.2 Å². The lowest BCUT2D eigenvalue weighted by atomic mass is 10.1. The number of hydrogen-bond acceptors (Lipinski definition) is 5. The molecule has 2 aromatic carbocycles. The summed E-state index contributed by atoms with van der Waals surface area (Å²) in [6, 6.07) is 8.99. The Labute approximate surface area is 156 Å². The normalized spacial score (nSPS) is 10.1. The van der Waals surface area contributed by atoms with Gasteiger partial charge in [-0.1, -0.05) is 12.1 Å². The fourth-order valence-electron chi connectivity index (χ4n) is 2.44. The van der Waals surface area contributed by atoms with Crippen molar-refractivity contribution in [1.29, 1.82) is 0 Å². The minimum Gasteiger partial charge on any atom is -0.493 e. The lowest BCUT2D eigenvalue weighted by Crippen LogP contribution is -2.42. The number of hydrogen-bond donors (Lipinski definition) is 2. The average molecular weight is 376 g/mol. The summed E-state index contributed by atoms with van der Waals surface area (Å²) in [5, 5.41) is 0. The second kappa shape index (κ2) is 9.42. The van der Waals surface area contributed by atoms with Crippen LogP contribution in [0.1, 0.15) is 22.3 Å². The smallest absolute Gasteiger partial charge is 0.272 e. The average Bonchev–Trinajstić information content (AvgIpc) is 2.69. The zero-order valence-corrected chi connectivity index (χ0v) is 15.3. The first-order valence-electron chi connectivity index (χ1n) is 8.12. The summed E-state index contributed by atoms with van der Waals surface area (Å²) < 4.78 is 29.3. The molecule has 0 radical (unpaired) electrons. The maximum atomic E-state index is 13.5. The highest BCUT2D eigenvalue weighted by atomic mass is 19.1. The number of benzene rings is 2. The second-order valence-corrected chi connectivity index (χ2v) is 5.52. The topological polar surface area (TPSA) is 85.9 Å². The Kier molecular flexibility index (Phi) is 6.99. The minimum atomic E-state index is -0.728. The molecule has 0 unspecified atom stereocenters. The number of amides is 2. The molecule has 0 saturated heterocycles. The summed E-state index contributed by atoms with van der Waals surface area (Å²) in [5.74, 6) is -0.380. The lowest BCUT2D eigenvalue weighted by molar-refractivity contribution is -0.121. The Morgan fingerprint density at radius 1 is 0.963 bits per heavy atom. The zero-order valence-electron chi connectivity index (χ0n) is 15.3. The molecule has 0 saturated carbocycles. The van der Waals surface area contributed by atoms with Gasteiger partial charge in [-0.15, -0.1) is 0 Å². The van der Waals surface area contributed by atoms with Crippen molar-refractivity contribution in [2.45, 2.75) is 12.8 Å². The molecule has 2 rings (SSSR count). The van der Waals surface area contributed by atoms with Crippen LogP contribution in [-0.2, 0) is 11.2 Å². The molecule has 0 aromatic heterocycles. The Morgan fingerprint density at radius 2 is 1.59 bits per heavy atom. The number of methoxy groups -OCH3 is 3. The Hall–Kier alpha value is -3.29. The van der Waals surface area contributed by atoms with Crippen molar-refractivity contribution in [3.05, 3.63) is 53.3 Å². The molecule has 2 amide bonds. The van der Waals surface area contributed by atoms with Gasteiger partial charge in [0.25, 0.3) is 5.91 Å². The molecular formula is C19H21FN2O5. The lowest BCUT2D eigenvalue weighted by Gasteiger charge is -2.14. The Morgan fingerprint density at radius 3 is 2.15 bits per heavy atom. The number of rotatable bonds is 7. The third-order valence-corrected chi connectivity index (χ3v) is 3.80. The first-order valence-corrected chi connectivity index (χ1v) is 8.12. The predicted octanol–water partition coefficient (Wildman–Crippen LogP) is 2.25. The first-order chi connectivity index (χ1) is 13.0. The van der Waals surface area contributed by atoms with Crippen LogP contribution in [0, 0.1) is 5.82 Å². The summed E-state index contributed by atoms with van der Waals surface area (Å²) >= 11 is 0. The highest BCUT2D eigenvalue weighted by Gasteiger charge is 2.15. The molecule has 7 nitrogen and oxygen atoms in total. The van der Waals surface area contributed by atoms with E-state index in [1.54, 1.807) is 12.1 Å². The molecule has 0 heterocycles. The van der Waals surface area contributed by atoms with Crippen molar-refractivity contribution in [2.24, 2.45) is 0 Å². The van der Waals surface area contributed by atoms with Crippen LogP contribution in [0.5, 0.6) is 17.2 Å². The molecule has 2 aromatic rings. The third-order valence-electron chi connectivity index (χ3n) is 3.80. The van der Waals surface area contributed by atoms with Gasteiger partial charge in [0, 0.05) is 6.42 Å². The van der Waals surface area contributed by atoms with Crippen molar-refractivity contribution < 1.29 is 28.2 Å². The second-order valence-electron chi connectivity index (χ2n) is 5.52. The van der Waals surface area contributed by atoms with E-state index in [4.69, 9.17) is 14.2 Å². The number of ether oxygens (including phenoxy) is 3. The van der Waals surface area contributed by atoms with Gasteiger partial charge in [-0.3, -0.25) is 20.4 Å². The van der Waals surface area contributed by atoms with Gasteiger partial charge in [0.05, 0.1) is 26.9 Å². The van der Waals surface area contributed by atoms with Crippen LogP contribution >= 0.6 is 0 Å². The molecule has 0 atom stereocenters. The molecule has 8 heteroatoms. The van der Waals surface area contributed by atoms with Gasteiger partial charge in [0.2, 0.25) is 11.7 Å². The molecule has 0 bridgehead atoms. The third kappa shape index (κ3) is 5.10. The Balaban J connectivity index is 1.94. The van der Waals surface area contributed by atoms with Crippen LogP contribution in [0.2, 0.25) is 0 Å². The molecule has 0 aliphatic rings. The molecule has 2 N–H and O–H groups in total. The van der Waals surface area contributed by atoms with Crippen molar-refractivity contribution >= 4 is 11.8 Å². The molecule has 0 aliphatic carbocycles. The summed E-state index contributed by atoms with van der Waals surface area (Å²) in [4.78, 5) is 23.8. The van der Waals surface area contributed by atoms with Crippen LogP contribution in [0.25, 0.3) is 0 Å². The number of aryl methyl sites for hydroxylation is 1. The van der Waals surface area contributed by atoms with Gasteiger partial charge >= 0.3 is 0 Å². The van der Waals surface area contributed by atoms with E-state index in [-0.39, 0.29) is 12.0 Å². The molecule has 0 fully saturated rings. The van der Waals surface area contributed by atoms with Crippen molar-refractivity contribution in [2.75, 3.05) is 21.3 Å². The van der Waals surface area contributed by atoms with Crippen LogP contribution in [0.15, 0.2) is 36.4 Å². The number of nitrogens with one attached hydrogen (secondary N) is 2. The highest BCUT2D eigenvalue weighted by molar-refractivity contribution is 5.95. The van der Waals surface area contributed by atoms with E-state index < -0.39 is 17.6 Å². The quantitative estimate of drug-likeness (QED) is 0.724. The summed E-state index contributed by atoms with van der Waals surface area (Å²) in [6.45, 7) is 0. The SMILES string of the molecule is COc1cc(CCC(=O)NNC(=O)c2ccccc2F)cc(OC)c1OC. The monoisotopic (exact) mass is 376 g/mol. The first kappa shape index (κ1) is 20.0. The summed E-state index contributed by atoms with van der Waals surface area (Å²) in [5.41, 5.74) is 5.10. The van der Waals surface area contributed by atoms with Crippen LogP contribution in [-0.4, -0.2) is 33.1 Å². The largest absolute Gasteiger partial charge is 0.493 e. The maximum Gasteiger partial charge on any atom is 0.272 e. The van der Waals surface area contributed by atoms with Crippen LogP contribution < -0.4 is 25.1 Å². The number of carbonyl (C=O) groups is 2. The van der Waals surface area contributed by atoms with Crippen LogP contribution in [0.4, 0.5) is 4.39 Å². The van der Waals surface area contributed by atoms with Gasteiger partial charge in [-0.05, 0) is 36.2 Å². The van der Waals surface area contributed by atoms with Crippen LogP contribution in [0.3, 0.4) is 0 Å². The molecular weight excluding hydrogens is 355 g/mol. The molecule has 0 aliphatic heterocycles. The summed E-state index contributed by atoms with van der Waals surface area (Å²) in [6.07, 6.45) is 0.467. The van der Waals surface area contributed by atoms with E-state index in [9.17, 15) is 14.0 Å². The van der Waals surface area contributed by atoms with E-state index in [0.717, 1.165) is 5.56 Å². The van der Waals surface area contributed by atoms with E-state index in [0.29, 0.717) is 23.7 Å². The minimum absolute atomic E-state index is 0.0934. The van der Waals surface area contributed by atoms with E-state index in [2.05, 4.69) is 10.9 Å². The van der Waals surface area contributed by atoms with Crippen molar-refractivity contribution in [3.8, 4) is 17.2 Å².